The van der Waals surface area contributed by atoms with Crippen molar-refractivity contribution in [2.45, 2.75) is 6.61 Å². The maximum Gasteiger partial charge on any atom is 0.335 e. The molecular formula is C26H20ClFN2O6. The van der Waals surface area contributed by atoms with Gasteiger partial charge in [0.2, 0.25) is 0 Å². The number of nitrogens with zero attached hydrogens (tertiary/aromatic N) is 1. The Morgan fingerprint density at radius 3 is 2.39 bits per heavy atom. The van der Waals surface area contributed by atoms with Gasteiger partial charge in [0.25, 0.3) is 11.8 Å². The van der Waals surface area contributed by atoms with E-state index in [9.17, 15) is 18.8 Å². The average Bonchev–Trinajstić information content (AvgIpc) is 2.87. The molecule has 3 aromatic carbocycles. The number of halogens is 2. The Balaban J connectivity index is 1.59. The molecule has 0 aromatic heterocycles. The maximum atomic E-state index is 14.0. The first kappa shape index (κ1) is 24.7. The number of amides is 4. The lowest BCUT2D eigenvalue weighted by molar-refractivity contribution is -0.122. The molecule has 36 heavy (non-hydrogen) atoms. The minimum Gasteiger partial charge on any atom is -0.497 e. The Hall–Kier alpha value is -4.37. The first-order valence-electron chi connectivity index (χ1n) is 10.6. The van der Waals surface area contributed by atoms with Gasteiger partial charge in [-0.1, -0.05) is 23.7 Å². The van der Waals surface area contributed by atoms with Crippen LogP contribution in [-0.4, -0.2) is 32.1 Å². The van der Waals surface area contributed by atoms with Crippen molar-refractivity contribution >= 4 is 41.2 Å². The number of anilines is 1. The van der Waals surface area contributed by atoms with Gasteiger partial charge in [-0.3, -0.25) is 14.9 Å². The Morgan fingerprint density at radius 1 is 0.972 bits per heavy atom. The molecule has 0 unspecified atom stereocenters. The van der Waals surface area contributed by atoms with Crippen LogP contribution in [0.15, 0.2) is 66.2 Å². The van der Waals surface area contributed by atoms with E-state index in [1.54, 1.807) is 36.4 Å². The smallest absolute Gasteiger partial charge is 0.335 e. The highest BCUT2D eigenvalue weighted by Crippen LogP contribution is 2.32. The van der Waals surface area contributed by atoms with Gasteiger partial charge in [0.05, 0.1) is 24.9 Å². The molecule has 184 valence electrons. The van der Waals surface area contributed by atoms with Crippen LogP contribution in [0, 0.1) is 5.82 Å². The number of carbonyl (C=O) groups is 3. The molecule has 0 aliphatic carbocycles. The van der Waals surface area contributed by atoms with Gasteiger partial charge in [-0.2, -0.15) is 0 Å². The van der Waals surface area contributed by atoms with Crippen LogP contribution in [0.3, 0.4) is 0 Å². The molecule has 0 radical (unpaired) electrons. The molecule has 1 aliphatic heterocycles. The number of benzene rings is 3. The van der Waals surface area contributed by atoms with E-state index in [0.717, 1.165) is 4.90 Å². The molecule has 0 saturated carbocycles. The van der Waals surface area contributed by atoms with Gasteiger partial charge >= 0.3 is 6.03 Å². The van der Waals surface area contributed by atoms with Gasteiger partial charge in [-0.05, 0) is 60.2 Å². The third-order valence-corrected chi connectivity index (χ3v) is 5.72. The molecule has 4 amide bonds. The standard InChI is InChI=1S/C26H20ClFN2O6/c1-34-17-9-7-16(8-10-17)30-25(32)18(24(31)29-26(30)33)12-15-6-11-22(23(13-15)35-2)36-14-19-20(27)4-3-5-21(19)28/h3-13H,14H2,1-2H3,(H,29,31,33)/b18-12+. The van der Waals surface area contributed by atoms with Crippen molar-refractivity contribution in [2.75, 3.05) is 19.1 Å². The molecule has 0 spiro atoms. The fourth-order valence-electron chi connectivity index (χ4n) is 3.50. The third kappa shape index (κ3) is 5.01. The largest absolute Gasteiger partial charge is 0.497 e. The lowest BCUT2D eigenvalue weighted by Crippen LogP contribution is -2.54. The molecule has 10 heteroatoms. The summed E-state index contributed by atoms with van der Waals surface area (Å²) >= 11 is 6.05. The quantitative estimate of drug-likeness (QED) is 0.364. The first-order chi connectivity index (χ1) is 17.3. The number of rotatable bonds is 7. The van der Waals surface area contributed by atoms with Crippen LogP contribution in [0.2, 0.25) is 5.02 Å². The summed E-state index contributed by atoms with van der Waals surface area (Å²) in [5.41, 5.74) is 0.648. The number of ether oxygens (including phenoxy) is 3. The number of hydrogen-bond acceptors (Lipinski definition) is 6. The Kier molecular flexibility index (Phi) is 7.21. The molecule has 4 rings (SSSR count). The summed E-state index contributed by atoms with van der Waals surface area (Å²) in [6.07, 6.45) is 1.33. The fourth-order valence-corrected chi connectivity index (χ4v) is 3.72. The van der Waals surface area contributed by atoms with Crippen molar-refractivity contribution in [3.05, 3.63) is 88.2 Å². The third-order valence-electron chi connectivity index (χ3n) is 5.36. The summed E-state index contributed by atoms with van der Waals surface area (Å²) in [6.45, 7) is -0.137. The molecule has 1 fully saturated rings. The van der Waals surface area contributed by atoms with Crippen LogP contribution in [0.5, 0.6) is 17.2 Å². The zero-order chi connectivity index (χ0) is 25.8. The average molecular weight is 511 g/mol. The molecule has 0 bridgehead atoms. The van der Waals surface area contributed by atoms with E-state index in [1.807, 2.05) is 0 Å². The van der Waals surface area contributed by atoms with Crippen LogP contribution in [0.4, 0.5) is 14.9 Å². The van der Waals surface area contributed by atoms with Crippen LogP contribution in [0.1, 0.15) is 11.1 Å². The van der Waals surface area contributed by atoms with Crippen molar-refractivity contribution in [3.63, 3.8) is 0 Å². The van der Waals surface area contributed by atoms with E-state index in [0.29, 0.717) is 17.1 Å². The molecule has 1 saturated heterocycles. The Bertz CT molecular complexity index is 1350. The molecule has 1 N–H and O–H groups in total. The first-order valence-corrected chi connectivity index (χ1v) is 11.0. The second-order valence-electron chi connectivity index (χ2n) is 7.56. The molecule has 0 atom stereocenters. The van der Waals surface area contributed by atoms with Crippen molar-refractivity contribution in [3.8, 4) is 17.2 Å². The molecular weight excluding hydrogens is 491 g/mol. The normalized spacial score (nSPS) is 14.6. The number of hydrogen-bond donors (Lipinski definition) is 1. The van der Waals surface area contributed by atoms with Crippen LogP contribution in [-0.2, 0) is 16.2 Å². The lowest BCUT2D eigenvalue weighted by Gasteiger charge is -2.26. The van der Waals surface area contributed by atoms with Gasteiger partial charge in [0.15, 0.2) is 11.5 Å². The second-order valence-corrected chi connectivity index (χ2v) is 7.96. The van der Waals surface area contributed by atoms with Gasteiger partial charge in [0.1, 0.15) is 23.7 Å². The molecule has 1 heterocycles. The summed E-state index contributed by atoms with van der Waals surface area (Å²) in [7, 11) is 2.91. The van der Waals surface area contributed by atoms with Crippen molar-refractivity contribution in [2.24, 2.45) is 0 Å². The summed E-state index contributed by atoms with van der Waals surface area (Å²) in [4.78, 5) is 38.8. The number of imide groups is 2. The number of carbonyl (C=O) groups excluding carboxylic acids is 3. The molecule has 8 nitrogen and oxygen atoms in total. The summed E-state index contributed by atoms with van der Waals surface area (Å²) in [5.74, 6) is -0.995. The summed E-state index contributed by atoms with van der Waals surface area (Å²) < 4.78 is 30.2. The SMILES string of the molecule is COc1ccc(N2C(=O)NC(=O)/C(=C\c3ccc(OCc4c(F)cccc4Cl)c(OC)c3)C2=O)cc1. The zero-order valence-electron chi connectivity index (χ0n) is 19.2. The maximum absolute atomic E-state index is 14.0. The fraction of sp³-hybridized carbons (Fsp3) is 0.115. The highest BCUT2D eigenvalue weighted by atomic mass is 35.5. The summed E-state index contributed by atoms with van der Waals surface area (Å²) in [5, 5.41) is 2.40. The lowest BCUT2D eigenvalue weighted by atomic mass is 10.1. The van der Waals surface area contributed by atoms with Crippen molar-refractivity contribution in [1.29, 1.82) is 0 Å². The van der Waals surface area contributed by atoms with E-state index in [-0.39, 0.29) is 34.2 Å². The molecule has 3 aromatic rings. The van der Waals surface area contributed by atoms with Crippen molar-refractivity contribution in [1.82, 2.24) is 5.32 Å². The topological polar surface area (TPSA) is 94.2 Å². The van der Waals surface area contributed by atoms with E-state index < -0.39 is 23.7 Å². The predicted molar refractivity (Wildman–Crippen MR) is 131 cm³/mol. The predicted octanol–water partition coefficient (Wildman–Crippen LogP) is 4.74. The minimum atomic E-state index is -0.861. The van der Waals surface area contributed by atoms with Crippen molar-refractivity contribution < 1.29 is 33.0 Å². The number of urea groups is 1. The van der Waals surface area contributed by atoms with E-state index in [2.05, 4.69) is 5.32 Å². The van der Waals surface area contributed by atoms with Gasteiger partial charge in [-0.15, -0.1) is 0 Å². The van der Waals surface area contributed by atoms with Crippen LogP contribution >= 0.6 is 11.6 Å². The number of barbiturate groups is 1. The zero-order valence-corrected chi connectivity index (χ0v) is 20.0. The number of nitrogens with one attached hydrogen (secondary N) is 1. The van der Waals surface area contributed by atoms with Gasteiger partial charge < -0.3 is 14.2 Å². The van der Waals surface area contributed by atoms with Gasteiger partial charge in [-0.25, -0.2) is 14.1 Å². The second kappa shape index (κ2) is 10.5. The highest BCUT2D eigenvalue weighted by Gasteiger charge is 2.36. The van der Waals surface area contributed by atoms with Crippen LogP contribution in [0.25, 0.3) is 6.08 Å². The summed E-state index contributed by atoms with van der Waals surface area (Å²) in [6, 6.07) is 14.4. The number of methoxy groups -OCH3 is 2. The van der Waals surface area contributed by atoms with Crippen LogP contribution < -0.4 is 24.4 Å². The Labute approximate surface area is 210 Å². The monoisotopic (exact) mass is 510 g/mol. The molecule has 1 aliphatic rings. The van der Waals surface area contributed by atoms with E-state index >= 15 is 0 Å². The van der Waals surface area contributed by atoms with E-state index in [4.69, 9.17) is 25.8 Å². The minimum absolute atomic E-state index is 0.137. The van der Waals surface area contributed by atoms with Gasteiger partial charge in [0, 0.05) is 5.56 Å². The van der Waals surface area contributed by atoms with E-state index in [1.165, 1.54) is 44.6 Å². The highest BCUT2D eigenvalue weighted by molar-refractivity contribution is 6.39. The Morgan fingerprint density at radius 2 is 1.72 bits per heavy atom.